The van der Waals surface area contributed by atoms with Gasteiger partial charge in [0.15, 0.2) is 12.2 Å². The van der Waals surface area contributed by atoms with Crippen LogP contribution < -0.4 is 24.8 Å². The molecule has 5 aromatic rings. The summed E-state index contributed by atoms with van der Waals surface area (Å²) in [6, 6.07) is 46.9. The second-order valence-electron chi connectivity index (χ2n) is 11.1. The fourth-order valence-electron chi connectivity index (χ4n) is 5.98. The zero-order valence-corrected chi connectivity index (χ0v) is 27.3. The fourth-order valence-corrected chi connectivity index (χ4v) is 5.98. The molecule has 0 radical (unpaired) electrons. The number of aliphatic imine (C=N–C) groups is 2. The number of hydrogen-bond donors (Lipinski definition) is 0. The summed E-state index contributed by atoms with van der Waals surface area (Å²) in [6.45, 7) is 4.24. The monoisotopic (exact) mass is 675 g/mol. The first-order chi connectivity index (χ1) is 20.5. The van der Waals surface area contributed by atoms with Gasteiger partial charge in [-0.3, -0.25) is 0 Å². The van der Waals surface area contributed by atoms with E-state index in [0.717, 1.165) is 22.3 Å². The summed E-state index contributed by atoms with van der Waals surface area (Å²) < 4.78 is 13.3. The van der Waals surface area contributed by atoms with Crippen LogP contribution in [-0.4, -0.2) is 16.8 Å². The SMILES string of the molecule is CC1(c2ccccc2)N=C(c2cccc(C3=NC(C)(c4ccccc4)C(c4ccccc4)O3)n2)OC1c1ccccc1.[Cl-].[Cl-].[Fe+2]. The summed E-state index contributed by atoms with van der Waals surface area (Å²) in [5.74, 6) is 1.00. The van der Waals surface area contributed by atoms with Crippen molar-refractivity contribution in [3.05, 3.63) is 173 Å². The van der Waals surface area contributed by atoms with Gasteiger partial charge in [-0.05, 0) is 48.2 Å². The van der Waals surface area contributed by atoms with Crippen LogP contribution in [-0.2, 0) is 37.6 Å². The topological polar surface area (TPSA) is 56.1 Å². The van der Waals surface area contributed by atoms with Crippen LogP contribution in [0.3, 0.4) is 0 Å². The van der Waals surface area contributed by atoms with Crippen LogP contribution in [0.5, 0.6) is 0 Å². The van der Waals surface area contributed by atoms with Gasteiger partial charge < -0.3 is 34.3 Å². The van der Waals surface area contributed by atoms with Gasteiger partial charge in [0.05, 0.1) is 0 Å². The van der Waals surface area contributed by atoms with E-state index in [1.807, 2.05) is 91.0 Å². The first-order valence-electron chi connectivity index (χ1n) is 14.3. The predicted octanol–water partition coefficient (Wildman–Crippen LogP) is 1.95. The number of rotatable bonds is 6. The minimum Gasteiger partial charge on any atom is -1.00 e. The first-order valence-corrected chi connectivity index (χ1v) is 14.3. The van der Waals surface area contributed by atoms with Gasteiger partial charge in [-0.15, -0.1) is 0 Å². The molecule has 2 aliphatic rings. The van der Waals surface area contributed by atoms with Crippen molar-refractivity contribution < 1.29 is 51.4 Å². The maximum atomic E-state index is 6.63. The third-order valence-electron chi connectivity index (χ3n) is 8.26. The second-order valence-corrected chi connectivity index (χ2v) is 11.1. The molecule has 7 rings (SSSR count). The maximum Gasteiger partial charge on any atom is 2.00 e. The fraction of sp³-hybridized carbons (Fsp3) is 0.162. The van der Waals surface area contributed by atoms with Gasteiger partial charge in [0.25, 0.3) is 0 Å². The summed E-state index contributed by atoms with van der Waals surface area (Å²) in [5.41, 5.74) is 4.32. The predicted molar refractivity (Wildman–Crippen MR) is 165 cm³/mol. The molecule has 3 heterocycles. The van der Waals surface area contributed by atoms with Crippen LogP contribution in [0.4, 0.5) is 0 Å². The van der Waals surface area contributed by atoms with E-state index in [-0.39, 0.29) is 54.1 Å². The zero-order valence-electron chi connectivity index (χ0n) is 24.7. The molecule has 0 saturated carbocycles. The van der Waals surface area contributed by atoms with Crippen molar-refractivity contribution in [2.45, 2.75) is 37.1 Å². The van der Waals surface area contributed by atoms with Crippen LogP contribution in [0.2, 0.25) is 0 Å². The molecule has 0 amide bonds. The molecule has 0 N–H and O–H groups in total. The van der Waals surface area contributed by atoms with E-state index < -0.39 is 11.1 Å². The van der Waals surface area contributed by atoms with Gasteiger partial charge in [-0.2, -0.15) is 0 Å². The quantitative estimate of drug-likeness (QED) is 0.259. The van der Waals surface area contributed by atoms with E-state index in [1.165, 1.54) is 0 Å². The molecule has 0 aliphatic carbocycles. The van der Waals surface area contributed by atoms with Crippen LogP contribution in [0.15, 0.2) is 150 Å². The molecule has 0 spiro atoms. The van der Waals surface area contributed by atoms with E-state index in [4.69, 9.17) is 24.4 Å². The molecule has 2 aliphatic heterocycles. The van der Waals surface area contributed by atoms with Crippen molar-refractivity contribution in [2.75, 3.05) is 0 Å². The zero-order chi connectivity index (χ0) is 28.6. The Labute approximate surface area is 287 Å². The van der Waals surface area contributed by atoms with Crippen LogP contribution in [0, 0.1) is 0 Å². The third kappa shape index (κ3) is 6.29. The minimum absolute atomic E-state index is 0. The Morgan fingerprint density at radius 1 is 0.467 bits per heavy atom. The standard InChI is InChI=1S/C37H31N3O2.2ClH.Fe/c1-36(28-20-11-5-12-21-28)32(26-16-7-3-8-17-26)41-34(39-36)30-24-15-25-31(38-30)35-40-37(2,29-22-13-6-14-23-29)33(42-35)27-18-9-4-10-19-27;;;/h3-25,32-33H,1-2H3;2*1H;/q;;;+2/p-2. The normalized spacial score (nSPS) is 23.2. The summed E-state index contributed by atoms with van der Waals surface area (Å²) >= 11 is 0. The molecular weight excluding hydrogens is 645 g/mol. The molecular formula is C37H31Cl2FeN3O2. The van der Waals surface area contributed by atoms with Crippen LogP contribution in [0.1, 0.15) is 59.7 Å². The number of benzene rings is 4. The van der Waals surface area contributed by atoms with Crippen LogP contribution >= 0.6 is 0 Å². The number of nitrogens with zero attached hydrogens (tertiary/aromatic N) is 3. The molecule has 5 nitrogen and oxygen atoms in total. The van der Waals surface area contributed by atoms with Crippen molar-refractivity contribution in [2.24, 2.45) is 9.98 Å². The molecule has 4 aromatic carbocycles. The Morgan fingerprint density at radius 2 is 0.800 bits per heavy atom. The van der Waals surface area contributed by atoms with Crippen molar-refractivity contribution in [3.63, 3.8) is 0 Å². The average molecular weight is 676 g/mol. The first kappa shape index (κ1) is 34.0. The average Bonchev–Trinajstić information content (AvgIpc) is 3.62. The van der Waals surface area contributed by atoms with Gasteiger partial charge in [0, 0.05) is 0 Å². The van der Waals surface area contributed by atoms with E-state index >= 15 is 0 Å². The third-order valence-corrected chi connectivity index (χ3v) is 8.26. The molecule has 1 aromatic heterocycles. The van der Waals surface area contributed by atoms with Crippen molar-refractivity contribution in [1.29, 1.82) is 0 Å². The summed E-state index contributed by atoms with van der Waals surface area (Å²) in [7, 11) is 0. The number of ether oxygens (including phenoxy) is 2. The smallest absolute Gasteiger partial charge is 1.00 e. The van der Waals surface area contributed by atoms with E-state index in [9.17, 15) is 0 Å². The maximum absolute atomic E-state index is 6.63. The minimum atomic E-state index is -0.624. The molecule has 0 saturated heterocycles. The van der Waals surface area contributed by atoms with E-state index in [1.54, 1.807) is 0 Å². The Hall–Kier alpha value is -3.93. The molecule has 0 bridgehead atoms. The van der Waals surface area contributed by atoms with Gasteiger partial charge in [-0.1, -0.05) is 127 Å². The molecule has 45 heavy (non-hydrogen) atoms. The largest absolute Gasteiger partial charge is 2.00 e. The Bertz CT molecular complexity index is 1650. The number of halogens is 2. The number of aromatic nitrogens is 1. The van der Waals surface area contributed by atoms with Gasteiger partial charge in [0.2, 0.25) is 11.8 Å². The van der Waals surface area contributed by atoms with Crippen molar-refractivity contribution in [3.8, 4) is 0 Å². The molecule has 4 atom stereocenters. The van der Waals surface area contributed by atoms with Crippen molar-refractivity contribution in [1.82, 2.24) is 4.98 Å². The van der Waals surface area contributed by atoms with E-state index in [2.05, 4.69) is 62.4 Å². The van der Waals surface area contributed by atoms with E-state index in [0.29, 0.717) is 23.2 Å². The summed E-state index contributed by atoms with van der Waals surface area (Å²) in [5, 5.41) is 0. The van der Waals surface area contributed by atoms with Gasteiger partial charge in [0.1, 0.15) is 22.5 Å². The summed E-state index contributed by atoms with van der Waals surface area (Å²) in [4.78, 5) is 15.4. The Kier molecular flexibility index (Phi) is 10.6. The summed E-state index contributed by atoms with van der Waals surface area (Å²) in [6.07, 6.45) is -0.601. The number of pyridine rings is 1. The van der Waals surface area contributed by atoms with Crippen molar-refractivity contribution >= 4 is 11.8 Å². The molecule has 8 heteroatoms. The van der Waals surface area contributed by atoms with Gasteiger partial charge in [-0.25, -0.2) is 15.0 Å². The molecule has 228 valence electrons. The Morgan fingerprint density at radius 3 is 1.16 bits per heavy atom. The Balaban J connectivity index is 0.00000154. The molecule has 0 fully saturated rings. The van der Waals surface area contributed by atoms with Crippen LogP contribution in [0.25, 0.3) is 0 Å². The molecule has 4 unspecified atom stereocenters. The van der Waals surface area contributed by atoms with Gasteiger partial charge >= 0.3 is 17.1 Å². The number of hydrogen-bond acceptors (Lipinski definition) is 5. The second kappa shape index (κ2) is 14.0.